The van der Waals surface area contributed by atoms with Crippen LogP contribution in [0.25, 0.3) is 39.1 Å². The minimum atomic E-state index is 1.17. The van der Waals surface area contributed by atoms with E-state index in [1.54, 1.807) is 0 Å². The highest BCUT2D eigenvalue weighted by Crippen LogP contribution is 2.41. The largest absolute Gasteiger partial charge is 0.0984 e. The van der Waals surface area contributed by atoms with E-state index in [1.165, 1.54) is 38.6 Å². The quantitative estimate of drug-likeness (QED) is 0.389. The molecule has 0 aliphatic heterocycles. The summed E-state index contributed by atoms with van der Waals surface area (Å²) in [4.78, 5) is 0. The van der Waals surface area contributed by atoms with Crippen LogP contribution >= 0.6 is 0 Å². The molecule has 0 radical (unpaired) electrons. The summed E-state index contributed by atoms with van der Waals surface area (Å²) in [6.45, 7) is 4.06. The predicted octanol–water partition coefficient (Wildman–Crippen LogP) is 6.82. The van der Waals surface area contributed by atoms with Gasteiger partial charge in [0.1, 0.15) is 0 Å². The molecule has 4 rings (SSSR count). The average molecular weight is 306 g/mol. The van der Waals surface area contributed by atoms with E-state index in [2.05, 4.69) is 97.6 Å². The van der Waals surface area contributed by atoms with E-state index in [-0.39, 0.29) is 0 Å². The zero-order valence-electron chi connectivity index (χ0n) is 13.4. The third-order valence-corrected chi connectivity index (χ3v) is 4.42. The second kappa shape index (κ2) is 6.17. The van der Waals surface area contributed by atoms with Crippen LogP contribution in [0.1, 0.15) is 5.56 Å². The number of hydrogen-bond donors (Lipinski definition) is 0. The molecule has 0 N–H and O–H groups in total. The van der Waals surface area contributed by atoms with Gasteiger partial charge in [-0.3, -0.25) is 0 Å². The van der Waals surface area contributed by atoms with Crippen molar-refractivity contribution in [2.24, 2.45) is 0 Å². The summed E-state index contributed by atoms with van der Waals surface area (Å²) in [5.74, 6) is 0. The van der Waals surface area contributed by atoms with Gasteiger partial charge in [0.15, 0.2) is 0 Å². The molecule has 0 saturated heterocycles. The topological polar surface area (TPSA) is 0 Å². The van der Waals surface area contributed by atoms with Crippen molar-refractivity contribution in [1.29, 1.82) is 0 Å². The molecule has 0 atom stereocenters. The SMILES string of the molecule is C=Cc1cc2ccccc2c(-c2ccccc2)c1-c1ccccc1. The summed E-state index contributed by atoms with van der Waals surface area (Å²) < 4.78 is 0. The fourth-order valence-corrected chi connectivity index (χ4v) is 3.35. The fourth-order valence-electron chi connectivity index (χ4n) is 3.35. The Morgan fingerprint density at radius 2 is 1.12 bits per heavy atom. The van der Waals surface area contributed by atoms with Gasteiger partial charge in [0.05, 0.1) is 0 Å². The maximum Gasteiger partial charge on any atom is -0.00208 e. The van der Waals surface area contributed by atoms with Gasteiger partial charge in [0, 0.05) is 0 Å². The fraction of sp³-hybridized carbons (Fsp3) is 0. The normalized spacial score (nSPS) is 10.7. The number of rotatable bonds is 3. The molecule has 0 spiro atoms. The lowest BCUT2D eigenvalue weighted by Gasteiger charge is -2.17. The zero-order valence-corrected chi connectivity index (χ0v) is 13.4. The Labute approximate surface area is 142 Å². The molecular weight excluding hydrogens is 288 g/mol. The maximum atomic E-state index is 4.06. The molecule has 4 aromatic rings. The third-order valence-electron chi connectivity index (χ3n) is 4.42. The summed E-state index contributed by atoms with van der Waals surface area (Å²) >= 11 is 0. The number of hydrogen-bond acceptors (Lipinski definition) is 0. The van der Waals surface area contributed by atoms with Gasteiger partial charge in [-0.25, -0.2) is 0 Å². The van der Waals surface area contributed by atoms with Gasteiger partial charge in [-0.2, -0.15) is 0 Å². The number of fused-ring (bicyclic) bond motifs is 1. The first-order chi connectivity index (χ1) is 11.9. The second-order valence-electron chi connectivity index (χ2n) is 5.87. The molecule has 4 aromatic carbocycles. The van der Waals surface area contributed by atoms with Crippen molar-refractivity contribution in [1.82, 2.24) is 0 Å². The first kappa shape index (κ1) is 14.5. The van der Waals surface area contributed by atoms with Crippen LogP contribution in [0.4, 0.5) is 0 Å². The summed E-state index contributed by atoms with van der Waals surface area (Å²) in [7, 11) is 0. The molecule has 114 valence electrons. The molecule has 24 heavy (non-hydrogen) atoms. The third kappa shape index (κ3) is 2.43. The Kier molecular flexibility index (Phi) is 3.72. The molecule has 0 bridgehead atoms. The maximum absolute atomic E-state index is 4.06. The first-order valence-electron chi connectivity index (χ1n) is 8.17. The zero-order chi connectivity index (χ0) is 16.4. The van der Waals surface area contributed by atoms with Crippen LogP contribution in [0.5, 0.6) is 0 Å². The van der Waals surface area contributed by atoms with Crippen molar-refractivity contribution in [3.05, 3.63) is 103 Å². The average Bonchev–Trinajstić information content (AvgIpc) is 2.67. The van der Waals surface area contributed by atoms with Crippen LogP contribution in [0.3, 0.4) is 0 Å². The van der Waals surface area contributed by atoms with Gasteiger partial charge < -0.3 is 0 Å². The van der Waals surface area contributed by atoms with Crippen molar-refractivity contribution in [3.8, 4) is 22.3 Å². The second-order valence-corrected chi connectivity index (χ2v) is 5.87. The van der Waals surface area contributed by atoms with E-state index in [4.69, 9.17) is 0 Å². The molecule has 0 aromatic heterocycles. The van der Waals surface area contributed by atoms with Crippen molar-refractivity contribution in [3.63, 3.8) is 0 Å². The van der Waals surface area contributed by atoms with Gasteiger partial charge in [0.2, 0.25) is 0 Å². The monoisotopic (exact) mass is 306 g/mol. The Balaban J connectivity index is 2.18. The van der Waals surface area contributed by atoms with Crippen LogP contribution in [0.15, 0.2) is 97.6 Å². The van der Waals surface area contributed by atoms with Crippen LogP contribution in [0, 0.1) is 0 Å². The van der Waals surface area contributed by atoms with Crippen LogP contribution in [-0.4, -0.2) is 0 Å². The van der Waals surface area contributed by atoms with Gasteiger partial charge in [-0.15, -0.1) is 0 Å². The van der Waals surface area contributed by atoms with Gasteiger partial charge in [-0.05, 0) is 44.7 Å². The van der Waals surface area contributed by atoms with Gasteiger partial charge >= 0.3 is 0 Å². The van der Waals surface area contributed by atoms with E-state index in [1.807, 2.05) is 6.08 Å². The Hall–Kier alpha value is -3.12. The lowest BCUT2D eigenvalue weighted by molar-refractivity contribution is 1.59. The van der Waals surface area contributed by atoms with E-state index in [0.29, 0.717) is 0 Å². The van der Waals surface area contributed by atoms with Gasteiger partial charge in [-0.1, -0.05) is 97.6 Å². The highest BCUT2D eigenvalue weighted by Gasteiger charge is 2.15. The van der Waals surface area contributed by atoms with Crippen molar-refractivity contribution < 1.29 is 0 Å². The molecule has 0 aliphatic rings. The molecule has 0 heteroatoms. The van der Waals surface area contributed by atoms with E-state index < -0.39 is 0 Å². The van der Waals surface area contributed by atoms with Crippen molar-refractivity contribution in [2.45, 2.75) is 0 Å². The predicted molar refractivity (Wildman–Crippen MR) is 105 cm³/mol. The van der Waals surface area contributed by atoms with E-state index >= 15 is 0 Å². The summed E-state index contributed by atoms with van der Waals surface area (Å²) in [6, 6.07) is 32.0. The van der Waals surface area contributed by atoms with Crippen LogP contribution < -0.4 is 0 Å². The summed E-state index contributed by atoms with van der Waals surface area (Å²) in [6.07, 6.45) is 1.96. The Bertz CT molecular complexity index is 996. The molecule has 0 fully saturated rings. The summed E-state index contributed by atoms with van der Waals surface area (Å²) in [5.41, 5.74) is 6.14. The molecular formula is C24H18. The van der Waals surface area contributed by atoms with E-state index in [9.17, 15) is 0 Å². The van der Waals surface area contributed by atoms with E-state index in [0.717, 1.165) is 0 Å². The minimum Gasteiger partial charge on any atom is -0.0984 e. The van der Waals surface area contributed by atoms with Crippen molar-refractivity contribution in [2.75, 3.05) is 0 Å². The Morgan fingerprint density at radius 3 is 1.75 bits per heavy atom. The number of benzene rings is 4. The molecule has 0 amide bonds. The summed E-state index contributed by atoms with van der Waals surface area (Å²) in [5, 5.41) is 2.51. The molecule has 0 saturated carbocycles. The molecule has 0 nitrogen and oxygen atoms in total. The van der Waals surface area contributed by atoms with Gasteiger partial charge in [0.25, 0.3) is 0 Å². The molecule has 0 unspecified atom stereocenters. The molecule has 0 heterocycles. The Morgan fingerprint density at radius 1 is 0.583 bits per heavy atom. The highest BCUT2D eigenvalue weighted by molar-refractivity contribution is 6.07. The highest BCUT2D eigenvalue weighted by atomic mass is 14.2. The van der Waals surface area contributed by atoms with Crippen molar-refractivity contribution >= 4 is 16.8 Å². The molecule has 0 aliphatic carbocycles. The van der Waals surface area contributed by atoms with Crippen LogP contribution in [0.2, 0.25) is 0 Å². The van der Waals surface area contributed by atoms with Crippen LogP contribution in [-0.2, 0) is 0 Å². The first-order valence-corrected chi connectivity index (χ1v) is 8.17. The minimum absolute atomic E-state index is 1.17. The lowest BCUT2D eigenvalue weighted by atomic mass is 9.86. The smallest absolute Gasteiger partial charge is 0.00208 e. The standard InChI is InChI=1S/C24H18/c1-2-18-17-21-15-9-10-16-22(21)24(20-13-7-4-8-14-20)23(18)19-11-5-3-6-12-19/h2-17H,1H2. The lowest BCUT2D eigenvalue weighted by Crippen LogP contribution is -1.92.